The molecule has 0 amide bonds. The number of nitro groups is 1. The van der Waals surface area contributed by atoms with Gasteiger partial charge in [0, 0.05) is 6.07 Å². The summed E-state index contributed by atoms with van der Waals surface area (Å²) in [5.74, 6) is -0.666. The van der Waals surface area contributed by atoms with Crippen LogP contribution in [0.15, 0.2) is 36.4 Å². The number of Topliss-reactive ketones (excluding diaryl/α,β-unsaturated/α-hetero) is 1. The van der Waals surface area contributed by atoms with E-state index in [0.717, 1.165) is 6.07 Å². The summed E-state index contributed by atoms with van der Waals surface area (Å²) in [5.41, 5.74) is -0.338. The van der Waals surface area contributed by atoms with E-state index >= 15 is 0 Å². The van der Waals surface area contributed by atoms with E-state index in [-0.39, 0.29) is 16.1 Å². The molecule has 9 heteroatoms. The molecule has 0 spiro atoms. The molecule has 0 aromatic heterocycles. The largest absolute Gasteiger partial charge is 0.497 e. The van der Waals surface area contributed by atoms with E-state index in [4.69, 9.17) is 25.8 Å². The molecule has 0 bridgehead atoms. The van der Waals surface area contributed by atoms with Gasteiger partial charge in [0.05, 0.1) is 30.3 Å². The summed E-state index contributed by atoms with van der Waals surface area (Å²) in [5, 5.41) is 10.8. The first-order valence-corrected chi connectivity index (χ1v) is 7.61. The SMILES string of the molecule is COc1ccc(OC)c(C(=O)COC(=O)c2ccc(Cl)c([N+](=O)[O-])c2)c1. The van der Waals surface area contributed by atoms with E-state index in [1.807, 2.05) is 0 Å². The summed E-state index contributed by atoms with van der Waals surface area (Å²) in [6.45, 7) is -0.571. The first-order valence-electron chi connectivity index (χ1n) is 7.23. The quantitative estimate of drug-likeness (QED) is 0.314. The summed E-state index contributed by atoms with van der Waals surface area (Å²) >= 11 is 5.69. The summed E-state index contributed by atoms with van der Waals surface area (Å²) in [6.07, 6.45) is 0. The molecule has 8 nitrogen and oxygen atoms in total. The lowest BCUT2D eigenvalue weighted by atomic mass is 10.1. The van der Waals surface area contributed by atoms with Gasteiger partial charge in [-0.15, -0.1) is 0 Å². The van der Waals surface area contributed by atoms with Crippen LogP contribution in [0.1, 0.15) is 20.7 Å². The second-order valence-corrected chi connectivity index (χ2v) is 5.40. The Bertz CT molecular complexity index is 866. The maximum atomic E-state index is 12.3. The maximum absolute atomic E-state index is 12.3. The second kappa shape index (κ2) is 8.30. The minimum Gasteiger partial charge on any atom is -0.497 e. The van der Waals surface area contributed by atoms with E-state index in [1.54, 1.807) is 12.1 Å². The average Bonchev–Trinajstić information content (AvgIpc) is 2.65. The van der Waals surface area contributed by atoms with E-state index in [2.05, 4.69) is 0 Å². The molecule has 0 unspecified atom stereocenters. The highest BCUT2D eigenvalue weighted by atomic mass is 35.5. The van der Waals surface area contributed by atoms with E-state index in [0.29, 0.717) is 11.5 Å². The van der Waals surface area contributed by atoms with Crippen LogP contribution < -0.4 is 9.47 Å². The Hall–Kier alpha value is -3.13. The summed E-state index contributed by atoms with van der Waals surface area (Å²) in [7, 11) is 2.85. The van der Waals surface area contributed by atoms with E-state index in [1.165, 1.54) is 32.4 Å². The number of nitrogens with zero attached hydrogens (tertiary/aromatic N) is 1. The topological polar surface area (TPSA) is 105 Å². The van der Waals surface area contributed by atoms with Crippen LogP contribution in [-0.4, -0.2) is 37.5 Å². The molecule has 0 aliphatic rings. The average molecular weight is 380 g/mol. The molecule has 0 aliphatic carbocycles. The first-order chi connectivity index (χ1) is 12.4. The van der Waals surface area contributed by atoms with Gasteiger partial charge in [-0.25, -0.2) is 4.79 Å². The van der Waals surface area contributed by atoms with Crippen LogP contribution in [0, 0.1) is 10.1 Å². The predicted octanol–water partition coefficient (Wildman–Crippen LogP) is 3.31. The fourth-order valence-corrected chi connectivity index (χ4v) is 2.29. The number of esters is 1. The van der Waals surface area contributed by atoms with Gasteiger partial charge in [-0.2, -0.15) is 0 Å². The van der Waals surface area contributed by atoms with Crippen molar-refractivity contribution >= 4 is 29.0 Å². The van der Waals surface area contributed by atoms with Crippen molar-refractivity contribution in [1.29, 1.82) is 0 Å². The van der Waals surface area contributed by atoms with Gasteiger partial charge in [0.15, 0.2) is 6.61 Å². The lowest BCUT2D eigenvalue weighted by molar-refractivity contribution is -0.384. The molecule has 26 heavy (non-hydrogen) atoms. The number of methoxy groups -OCH3 is 2. The highest BCUT2D eigenvalue weighted by Gasteiger charge is 2.19. The predicted molar refractivity (Wildman–Crippen MR) is 92.3 cm³/mol. The monoisotopic (exact) mass is 379 g/mol. The van der Waals surface area contributed by atoms with Gasteiger partial charge < -0.3 is 14.2 Å². The number of carbonyl (C=O) groups is 2. The zero-order valence-electron chi connectivity index (χ0n) is 13.9. The Morgan fingerprint density at radius 3 is 2.46 bits per heavy atom. The standard InChI is InChI=1S/C17H14ClNO7/c1-24-11-4-6-16(25-2)12(8-11)15(20)9-26-17(21)10-3-5-13(18)14(7-10)19(22)23/h3-8H,9H2,1-2H3. The van der Waals surface area contributed by atoms with E-state index in [9.17, 15) is 19.7 Å². The molecular weight excluding hydrogens is 366 g/mol. The third-order valence-corrected chi connectivity index (χ3v) is 3.74. The fraction of sp³-hybridized carbons (Fsp3) is 0.176. The Balaban J connectivity index is 2.14. The van der Waals surface area contributed by atoms with Gasteiger partial charge in [0.2, 0.25) is 5.78 Å². The molecule has 0 atom stereocenters. The van der Waals surface area contributed by atoms with Gasteiger partial charge in [-0.1, -0.05) is 11.6 Å². The summed E-state index contributed by atoms with van der Waals surface area (Å²) in [6, 6.07) is 8.10. The van der Waals surface area contributed by atoms with Crippen LogP contribution in [0.2, 0.25) is 5.02 Å². The van der Waals surface area contributed by atoms with Crippen molar-refractivity contribution in [2.75, 3.05) is 20.8 Å². The molecule has 2 rings (SSSR count). The molecule has 136 valence electrons. The van der Waals surface area contributed by atoms with Crippen LogP contribution in [0.25, 0.3) is 0 Å². The molecule has 0 heterocycles. The maximum Gasteiger partial charge on any atom is 0.338 e. The number of benzene rings is 2. The van der Waals surface area contributed by atoms with Crippen LogP contribution in [0.3, 0.4) is 0 Å². The van der Waals surface area contributed by atoms with Crippen molar-refractivity contribution in [3.8, 4) is 11.5 Å². The number of nitro benzene ring substituents is 1. The lowest BCUT2D eigenvalue weighted by Crippen LogP contribution is -2.15. The number of halogens is 1. The summed E-state index contributed by atoms with van der Waals surface area (Å²) in [4.78, 5) is 34.5. The third kappa shape index (κ3) is 4.28. The van der Waals surface area contributed by atoms with Crippen LogP contribution in [0.5, 0.6) is 11.5 Å². The fourth-order valence-electron chi connectivity index (χ4n) is 2.10. The highest BCUT2D eigenvalue weighted by molar-refractivity contribution is 6.32. The minimum absolute atomic E-state index is 0.0912. The number of rotatable bonds is 7. The van der Waals surface area contributed by atoms with Crippen LogP contribution >= 0.6 is 11.6 Å². The zero-order chi connectivity index (χ0) is 19.3. The number of carbonyl (C=O) groups excluding carboxylic acids is 2. The number of hydrogen-bond donors (Lipinski definition) is 0. The number of hydrogen-bond acceptors (Lipinski definition) is 7. The van der Waals surface area contributed by atoms with Crippen molar-refractivity contribution in [1.82, 2.24) is 0 Å². The van der Waals surface area contributed by atoms with Crippen molar-refractivity contribution in [2.24, 2.45) is 0 Å². The molecule has 0 saturated heterocycles. The molecule has 0 saturated carbocycles. The minimum atomic E-state index is -0.889. The van der Waals surface area contributed by atoms with Gasteiger partial charge in [0.1, 0.15) is 16.5 Å². The number of ether oxygens (including phenoxy) is 3. The lowest BCUT2D eigenvalue weighted by Gasteiger charge is -2.10. The molecule has 2 aromatic rings. The molecular formula is C17H14ClNO7. The number of ketones is 1. The third-order valence-electron chi connectivity index (χ3n) is 3.42. The van der Waals surface area contributed by atoms with Crippen molar-refractivity contribution in [2.45, 2.75) is 0 Å². The Labute approximate surface area is 153 Å². The normalized spacial score (nSPS) is 10.1. The smallest absolute Gasteiger partial charge is 0.338 e. The Morgan fingerprint density at radius 1 is 1.12 bits per heavy atom. The highest BCUT2D eigenvalue weighted by Crippen LogP contribution is 2.26. The van der Waals surface area contributed by atoms with Crippen molar-refractivity contribution in [3.05, 3.63) is 62.7 Å². The molecule has 0 aliphatic heterocycles. The first kappa shape index (κ1) is 19.2. The van der Waals surface area contributed by atoms with Gasteiger partial charge in [-0.05, 0) is 30.3 Å². The van der Waals surface area contributed by atoms with Gasteiger partial charge >= 0.3 is 5.97 Å². The molecule has 0 N–H and O–H groups in total. The second-order valence-electron chi connectivity index (χ2n) is 4.99. The van der Waals surface area contributed by atoms with E-state index < -0.39 is 29.0 Å². The summed E-state index contributed by atoms with van der Waals surface area (Å²) < 4.78 is 15.1. The molecule has 2 aromatic carbocycles. The molecule has 0 fully saturated rings. The van der Waals surface area contributed by atoms with Crippen molar-refractivity contribution in [3.63, 3.8) is 0 Å². The van der Waals surface area contributed by atoms with Crippen LogP contribution in [0.4, 0.5) is 5.69 Å². The van der Waals surface area contributed by atoms with Crippen molar-refractivity contribution < 1.29 is 28.7 Å². The van der Waals surface area contributed by atoms with Gasteiger partial charge in [-0.3, -0.25) is 14.9 Å². The zero-order valence-corrected chi connectivity index (χ0v) is 14.6. The van der Waals surface area contributed by atoms with Gasteiger partial charge in [0.25, 0.3) is 5.69 Å². The van der Waals surface area contributed by atoms with Crippen LogP contribution in [-0.2, 0) is 4.74 Å². The Morgan fingerprint density at radius 2 is 1.85 bits per heavy atom. The Kier molecular flexibility index (Phi) is 6.13. The molecule has 0 radical (unpaired) electrons.